The van der Waals surface area contributed by atoms with Gasteiger partial charge in [-0.05, 0) is 25.2 Å². The highest BCUT2D eigenvalue weighted by Gasteiger charge is 2.48. The Morgan fingerprint density at radius 1 is 1.70 bits per heavy atom. The minimum atomic E-state index is -1.46. The monoisotopic (exact) mass is 301 g/mol. The van der Waals surface area contributed by atoms with Crippen molar-refractivity contribution in [3.63, 3.8) is 0 Å². The second kappa shape index (κ2) is 6.47. The molecular weight excluding hydrogens is 278 g/mol. The Balaban J connectivity index is 1.96. The minimum Gasteiger partial charge on any atom is -0.393 e. The lowest BCUT2D eigenvalue weighted by Crippen LogP contribution is -2.58. The number of carbonyl (C=O) groups excluding carboxylic acids is 1. The number of allylic oxidation sites excluding steroid dienone is 1. The molecule has 0 spiro atoms. The Bertz CT molecular complexity index is 378. The Labute approximate surface area is 123 Å². The third-order valence-electron chi connectivity index (χ3n) is 4.00. The van der Waals surface area contributed by atoms with Gasteiger partial charge >= 0.3 is 0 Å². The molecule has 6 heteroatoms. The SMILES string of the molecule is C=CC(C)CC[C@@H]1C[C@H](O)CC(O)(C2CSC(=O)N2)O1. The topological polar surface area (TPSA) is 78.8 Å². The van der Waals surface area contributed by atoms with Crippen LogP contribution in [0.4, 0.5) is 4.79 Å². The van der Waals surface area contributed by atoms with Crippen molar-refractivity contribution in [2.45, 2.75) is 56.6 Å². The lowest BCUT2D eigenvalue weighted by Gasteiger charge is -2.42. The van der Waals surface area contributed by atoms with E-state index in [4.69, 9.17) is 4.74 Å². The molecule has 2 saturated heterocycles. The molecule has 0 bridgehead atoms. The molecule has 0 aromatic heterocycles. The van der Waals surface area contributed by atoms with Crippen LogP contribution in [0.5, 0.6) is 0 Å². The van der Waals surface area contributed by atoms with Gasteiger partial charge in [-0.2, -0.15) is 0 Å². The van der Waals surface area contributed by atoms with E-state index in [2.05, 4.69) is 18.8 Å². The van der Waals surface area contributed by atoms with E-state index in [0.717, 1.165) is 24.6 Å². The number of nitrogens with one attached hydrogen (secondary N) is 1. The fraction of sp³-hybridized carbons (Fsp3) is 0.786. The highest BCUT2D eigenvalue weighted by Crippen LogP contribution is 2.35. The first-order chi connectivity index (χ1) is 9.43. The molecule has 2 heterocycles. The average Bonchev–Trinajstić information content (AvgIpc) is 2.82. The summed E-state index contributed by atoms with van der Waals surface area (Å²) >= 11 is 1.14. The normalized spacial score (nSPS) is 39.4. The summed E-state index contributed by atoms with van der Waals surface area (Å²) in [6.07, 6.45) is 3.45. The van der Waals surface area contributed by atoms with Crippen LogP contribution in [0, 0.1) is 5.92 Å². The van der Waals surface area contributed by atoms with E-state index in [1.54, 1.807) is 0 Å². The van der Waals surface area contributed by atoms with Crippen molar-refractivity contribution < 1.29 is 19.7 Å². The van der Waals surface area contributed by atoms with Crippen molar-refractivity contribution in [3.8, 4) is 0 Å². The predicted molar refractivity (Wildman–Crippen MR) is 78.4 cm³/mol. The van der Waals surface area contributed by atoms with E-state index in [0.29, 0.717) is 18.1 Å². The van der Waals surface area contributed by atoms with Gasteiger partial charge in [0.05, 0.1) is 18.2 Å². The van der Waals surface area contributed by atoms with E-state index in [1.165, 1.54) is 0 Å². The number of rotatable bonds is 5. The van der Waals surface area contributed by atoms with Gasteiger partial charge in [-0.3, -0.25) is 4.79 Å². The van der Waals surface area contributed by atoms with E-state index in [9.17, 15) is 15.0 Å². The summed E-state index contributed by atoms with van der Waals surface area (Å²) in [5.41, 5.74) is 0. The van der Waals surface area contributed by atoms with Crippen LogP contribution in [0.1, 0.15) is 32.6 Å². The van der Waals surface area contributed by atoms with Gasteiger partial charge in [0, 0.05) is 12.2 Å². The number of carbonyl (C=O) groups is 1. The molecule has 114 valence electrons. The first-order valence-electron chi connectivity index (χ1n) is 7.07. The molecule has 0 aromatic carbocycles. The van der Waals surface area contributed by atoms with Gasteiger partial charge in [0.2, 0.25) is 0 Å². The summed E-state index contributed by atoms with van der Waals surface area (Å²) in [5.74, 6) is -0.607. The zero-order chi connectivity index (χ0) is 14.8. The van der Waals surface area contributed by atoms with Crippen molar-refractivity contribution in [1.82, 2.24) is 5.32 Å². The molecule has 5 nitrogen and oxygen atoms in total. The molecule has 2 fully saturated rings. The largest absolute Gasteiger partial charge is 0.393 e. The Kier molecular flexibility index (Phi) is 5.12. The van der Waals surface area contributed by atoms with Crippen molar-refractivity contribution in [3.05, 3.63) is 12.7 Å². The number of aliphatic hydroxyl groups excluding tert-OH is 1. The zero-order valence-corrected chi connectivity index (χ0v) is 12.6. The highest BCUT2D eigenvalue weighted by atomic mass is 32.2. The van der Waals surface area contributed by atoms with Gasteiger partial charge < -0.3 is 20.3 Å². The standard InChI is InChI=1S/C14H23NO4S/c1-3-9(2)4-5-11-6-10(16)7-14(18,19-11)12-8-20-13(17)15-12/h3,9-12,16,18H,1,4-8H2,2H3,(H,15,17)/t9?,10-,11+,12?,14?/m0/s1. The van der Waals surface area contributed by atoms with Crippen molar-refractivity contribution in [2.24, 2.45) is 5.92 Å². The first kappa shape index (κ1) is 15.8. The number of thioether (sulfide) groups is 1. The summed E-state index contributed by atoms with van der Waals surface area (Å²) in [5, 5.41) is 23.2. The maximum atomic E-state index is 11.3. The highest BCUT2D eigenvalue weighted by molar-refractivity contribution is 8.14. The molecule has 2 aliphatic heterocycles. The van der Waals surface area contributed by atoms with Crippen molar-refractivity contribution in [2.75, 3.05) is 5.75 Å². The number of aliphatic hydroxyl groups is 2. The summed E-state index contributed by atoms with van der Waals surface area (Å²) in [6.45, 7) is 5.83. The average molecular weight is 301 g/mol. The number of hydrogen-bond acceptors (Lipinski definition) is 5. The van der Waals surface area contributed by atoms with E-state index >= 15 is 0 Å². The van der Waals surface area contributed by atoms with Gasteiger partial charge in [0.15, 0.2) is 5.79 Å². The summed E-state index contributed by atoms with van der Waals surface area (Å²) < 4.78 is 5.80. The fourth-order valence-corrected chi connectivity index (χ4v) is 3.59. The van der Waals surface area contributed by atoms with Gasteiger partial charge in [-0.25, -0.2) is 0 Å². The third-order valence-corrected chi connectivity index (χ3v) is 4.88. The molecule has 2 rings (SSSR count). The van der Waals surface area contributed by atoms with Crippen LogP contribution in [-0.4, -0.2) is 45.2 Å². The molecule has 2 aliphatic rings. The molecule has 0 saturated carbocycles. The molecule has 3 N–H and O–H groups in total. The van der Waals surface area contributed by atoms with Crippen LogP contribution in [0.25, 0.3) is 0 Å². The summed E-state index contributed by atoms with van der Waals surface area (Å²) in [7, 11) is 0. The smallest absolute Gasteiger partial charge is 0.279 e. The Morgan fingerprint density at radius 3 is 3.05 bits per heavy atom. The predicted octanol–water partition coefficient (Wildman–Crippen LogP) is 1.64. The Morgan fingerprint density at radius 2 is 2.45 bits per heavy atom. The number of hydrogen-bond donors (Lipinski definition) is 3. The van der Waals surface area contributed by atoms with Gasteiger partial charge in [0.25, 0.3) is 5.24 Å². The second-order valence-electron chi connectivity index (χ2n) is 5.76. The van der Waals surface area contributed by atoms with Crippen LogP contribution in [-0.2, 0) is 4.74 Å². The maximum Gasteiger partial charge on any atom is 0.279 e. The molecule has 3 unspecified atom stereocenters. The molecule has 1 amide bonds. The molecular formula is C14H23NO4S. The summed E-state index contributed by atoms with van der Waals surface area (Å²) in [6, 6.07) is -0.450. The van der Waals surface area contributed by atoms with Gasteiger partial charge in [0.1, 0.15) is 0 Å². The van der Waals surface area contributed by atoms with Crippen LogP contribution in [0.2, 0.25) is 0 Å². The molecule has 0 aliphatic carbocycles. The first-order valence-corrected chi connectivity index (χ1v) is 8.05. The lowest BCUT2D eigenvalue weighted by atomic mass is 9.91. The third kappa shape index (κ3) is 3.75. The van der Waals surface area contributed by atoms with E-state index in [-0.39, 0.29) is 17.8 Å². The van der Waals surface area contributed by atoms with Crippen LogP contribution >= 0.6 is 11.8 Å². The Hall–Kier alpha value is -0.560. The second-order valence-corrected chi connectivity index (χ2v) is 6.76. The van der Waals surface area contributed by atoms with Crippen molar-refractivity contribution in [1.29, 1.82) is 0 Å². The molecule has 0 radical (unpaired) electrons. The van der Waals surface area contributed by atoms with E-state index < -0.39 is 17.9 Å². The summed E-state index contributed by atoms with van der Waals surface area (Å²) in [4.78, 5) is 11.3. The van der Waals surface area contributed by atoms with Gasteiger partial charge in [-0.1, -0.05) is 24.8 Å². The van der Waals surface area contributed by atoms with Gasteiger partial charge in [-0.15, -0.1) is 6.58 Å². The molecule has 0 aromatic rings. The minimum absolute atomic E-state index is 0.145. The van der Waals surface area contributed by atoms with Crippen LogP contribution < -0.4 is 5.32 Å². The van der Waals surface area contributed by atoms with E-state index in [1.807, 2.05) is 6.08 Å². The van der Waals surface area contributed by atoms with Crippen LogP contribution in [0.3, 0.4) is 0 Å². The lowest BCUT2D eigenvalue weighted by molar-refractivity contribution is -0.282. The maximum absolute atomic E-state index is 11.3. The molecule has 20 heavy (non-hydrogen) atoms. The quantitative estimate of drug-likeness (QED) is 0.673. The van der Waals surface area contributed by atoms with Crippen molar-refractivity contribution >= 4 is 17.0 Å². The number of ether oxygens (including phenoxy) is 1. The van der Waals surface area contributed by atoms with Crippen LogP contribution in [0.15, 0.2) is 12.7 Å². The number of amides is 1. The zero-order valence-electron chi connectivity index (χ0n) is 11.7. The fourth-order valence-electron chi connectivity index (χ4n) is 2.70. The molecule has 5 atom stereocenters.